The van der Waals surface area contributed by atoms with Crippen molar-refractivity contribution in [3.63, 3.8) is 0 Å². The molecule has 4 heterocycles. The van der Waals surface area contributed by atoms with Gasteiger partial charge in [-0.1, -0.05) is 0 Å². The van der Waals surface area contributed by atoms with Gasteiger partial charge in [-0.2, -0.15) is 13.9 Å². The molecule has 13 heteroatoms. The van der Waals surface area contributed by atoms with E-state index in [1.807, 2.05) is 17.6 Å². The van der Waals surface area contributed by atoms with Crippen molar-refractivity contribution in [2.24, 2.45) is 0 Å². The number of aliphatic hydroxyl groups is 1. The predicted molar refractivity (Wildman–Crippen MR) is 139 cm³/mol. The Labute approximate surface area is 224 Å². The maximum absolute atomic E-state index is 13.7. The van der Waals surface area contributed by atoms with Gasteiger partial charge in [-0.15, -0.1) is 15.3 Å². The minimum atomic E-state index is -3.23. The van der Waals surface area contributed by atoms with Crippen LogP contribution >= 0.6 is 0 Å². The number of nitrogens with one attached hydrogen (secondary N) is 1. The molecule has 2 N–H and O–H groups in total. The fourth-order valence-electron chi connectivity index (χ4n) is 5.00. The first-order valence-electron chi connectivity index (χ1n) is 13.1. The van der Waals surface area contributed by atoms with Crippen LogP contribution in [0.3, 0.4) is 0 Å². The molecule has 1 fully saturated rings. The summed E-state index contributed by atoms with van der Waals surface area (Å²) in [6.45, 7) is 6.76. The van der Waals surface area contributed by atoms with Crippen LogP contribution in [0.15, 0.2) is 29.1 Å². The molecule has 0 radical (unpaired) electrons. The first kappa shape index (κ1) is 27.1. The van der Waals surface area contributed by atoms with Crippen LogP contribution < -0.4 is 5.32 Å². The van der Waals surface area contributed by atoms with Gasteiger partial charge >= 0.3 is 5.92 Å². The molecule has 210 valence electrons. The lowest BCUT2D eigenvalue weighted by atomic mass is 9.85. The van der Waals surface area contributed by atoms with Crippen molar-refractivity contribution in [1.29, 1.82) is 0 Å². The van der Waals surface area contributed by atoms with Gasteiger partial charge in [0.2, 0.25) is 11.8 Å². The Morgan fingerprint density at radius 1 is 1.15 bits per heavy atom. The zero-order valence-corrected chi connectivity index (χ0v) is 22.7. The van der Waals surface area contributed by atoms with Crippen molar-refractivity contribution in [3.05, 3.63) is 42.1 Å². The molecular weight excluding hydrogens is 510 g/mol. The van der Waals surface area contributed by atoms with Gasteiger partial charge < -0.3 is 19.6 Å². The van der Waals surface area contributed by atoms with Crippen LogP contribution in [0.2, 0.25) is 0 Å². The van der Waals surface area contributed by atoms with Crippen molar-refractivity contribution < 1.29 is 23.0 Å². The lowest BCUT2D eigenvalue weighted by molar-refractivity contribution is -0.0130. The fourth-order valence-corrected chi connectivity index (χ4v) is 5.00. The summed E-state index contributed by atoms with van der Waals surface area (Å²) in [5.74, 6) is -3.22. The van der Waals surface area contributed by atoms with E-state index < -0.39 is 17.4 Å². The third-order valence-electron chi connectivity index (χ3n) is 7.24. The molecule has 0 bridgehead atoms. The van der Waals surface area contributed by atoms with E-state index in [0.717, 1.165) is 48.0 Å². The van der Waals surface area contributed by atoms with Crippen LogP contribution in [-0.4, -0.2) is 65.5 Å². The molecule has 11 nitrogen and oxygen atoms in total. The molecule has 1 atom stereocenters. The molecule has 0 unspecified atom stereocenters. The summed E-state index contributed by atoms with van der Waals surface area (Å²) < 4.78 is 41.5. The summed E-state index contributed by atoms with van der Waals surface area (Å²) in [6.07, 6.45) is 8.23. The van der Waals surface area contributed by atoms with Gasteiger partial charge in [0, 0.05) is 49.0 Å². The second-order valence-electron chi connectivity index (χ2n) is 10.9. The van der Waals surface area contributed by atoms with E-state index in [1.54, 1.807) is 38.0 Å². The van der Waals surface area contributed by atoms with Crippen LogP contribution in [0.5, 0.6) is 0 Å². The topological polar surface area (TPSA) is 128 Å². The highest BCUT2D eigenvalue weighted by Crippen LogP contribution is 2.38. The van der Waals surface area contributed by atoms with Gasteiger partial charge in [0.15, 0.2) is 0 Å². The number of fused-ring (bicyclic) bond motifs is 1. The van der Waals surface area contributed by atoms with Crippen LogP contribution in [0.25, 0.3) is 16.6 Å². The van der Waals surface area contributed by atoms with E-state index in [0.29, 0.717) is 19.5 Å². The predicted octanol–water partition coefficient (Wildman–Crippen LogP) is 4.34. The third kappa shape index (κ3) is 5.37. The molecule has 0 amide bonds. The van der Waals surface area contributed by atoms with Crippen molar-refractivity contribution in [3.8, 4) is 11.1 Å². The van der Waals surface area contributed by atoms with Crippen molar-refractivity contribution in [2.45, 2.75) is 82.9 Å². The number of halogens is 2. The van der Waals surface area contributed by atoms with Gasteiger partial charge in [0.1, 0.15) is 5.54 Å². The summed E-state index contributed by atoms with van der Waals surface area (Å²) in [7, 11) is 1.65. The summed E-state index contributed by atoms with van der Waals surface area (Å²) in [5, 5.41) is 30.1. The number of aromatic nitrogens is 7. The van der Waals surface area contributed by atoms with E-state index in [-0.39, 0.29) is 24.0 Å². The van der Waals surface area contributed by atoms with Crippen LogP contribution in [0.4, 0.5) is 14.7 Å². The monoisotopic (exact) mass is 544 g/mol. The molecule has 0 aromatic carbocycles. The molecule has 0 saturated heterocycles. The fraction of sp³-hybridized carbons (Fsp3) is 0.577. The smallest absolute Gasteiger partial charge is 0.321 e. The molecule has 1 saturated carbocycles. The lowest BCUT2D eigenvalue weighted by Gasteiger charge is -2.25. The number of anilines is 1. The molecule has 1 aliphatic carbocycles. The highest BCUT2D eigenvalue weighted by molar-refractivity contribution is 5.81. The zero-order chi connectivity index (χ0) is 27.9. The molecule has 5 rings (SSSR count). The van der Waals surface area contributed by atoms with Crippen molar-refractivity contribution in [1.82, 2.24) is 34.6 Å². The Hall–Kier alpha value is -3.45. The molecule has 1 aliphatic rings. The third-order valence-corrected chi connectivity index (χ3v) is 7.24. The van der Waals surface area contributed by atoms with Gasteiger partial charge in [0.25, 0.3) is 5.89 Å². The number of hydrogen-bond acceptors (Lipinski definition) is 9. The van der Waals surface area contributed by atoms with E-state index in [4.69, 9.17) is 14.3 Å². The van der Waals surface area contributed by atoms with Crippen LogP contribution in [0, 0.1) is 0 Å². The number of alkyl halides is 2. The Morgan fingerprint density at radius 3 is 2.54 bits per heavy atom. The maximum Gasteiger partial charge on any atom is 0.321 e. The number of ether oxygens (including phenoxy) is 1. The number of nitrogens with zero attached hydrogens (tertiary/aromatic N) is 7. The van der Waals surface area contributed by atoms with Crippen molar-refractivity contribution in [2.75, 3.05) is 19.0 Å². The van der Waals surface area contributed by atoms with Gasteiger partial charge in [0.05, 0.1) is 30.6 Å². The quantitative estimate of drug-likeness (QED) is 0.316. The number of aliphatic hydroxyl groups excluding tert-OH is 1. The van der Waals surface area contributed by atoms with Gasteiger partial charge in [-0.05, 0) is 52.5 Å². The largest absolute Gasteiger partial charge is 0.417 e. The molecule has 0 aliphatic heterocycles. The highest BCUT2D eigenvalue weighted by atomic mass is 19.3. The maximum atomic E-state index is 13.7. The van der Waals surface area contributed by atoms with E-state index >= 15 is 0 Å². The Bertz CT molecular complexity index is 1430. The number of rotatable bonds is 9. The summed E-state index contributed by atoms with van der Waals surface area (Å²) >= 11 is 0. The SMILES string of the molecule is COC[C@H](C)Nc1ncc2c(-c3cnn(C(C)(C)c4nnc(C(C)(F)F)o4)c3)cc(C3CCC(O)CC3)n2n1. The Kier molecular flexibility index (Phi) is 7.14. The number of methoxy groups -OCH3 is 1. The van der Waals surface area contributed by atoms with Crippen LogP contribution in [0.1, 0.15) is 76.8 Å². The highest BCUT2D eigenvalue weighted by Gasteiger charge is 2.37. The Balaban J connectivity index is 1.52. The zero-order valence-electron chi connectivity index (χ0n) is 22.7. The molecular formula is C26H34F2N8O3. The molecule has 4 aromatic heterocycles. The minimum Gasteiger partial charge on any atom is -0.417 e. The minimum absolute atomic E-state index is 0.0223. The molecule has 0 spiro atoms. The average molecular weight is 545 g/mol. The van der Waals surface area contributed by atoms with E-state index in [9.17, 15) is 13.9 Å². The Morgan fingerprint density at radius 2 is 1.87 bits per heavy atom. The van der Waals surface area contributed by atoms with Crippen molar-refractivity contribution >= 4 is 11.5 Å². The molecule has 4 aromatic rings. The first-order valence-corrected chi connectivity index (χ1v) is 13.1. The normalized spacial score (nSPS) is 19.5. The summed E-state index contributed by atoms with van der Waals surface area (Å²) in [4.78, 5) is 4.54. The van der Waals surface area contributed by atoms with Crippen LogP contribution in [-0.2, 0) is 16.2 Å². The molecule has 39 heavy (non-hydrogen) atoms. The average Bonchev–Trinajstić information content (AvgIpc) is 3.63. The number of hydrogen-bond donors (Lipinski definition) is 2. The van der Waals surface area contributed by atoms with E-state index in [2.05, 4.69) is 31.7 Å². The summed E-state index contributed by atoms with van der Waals surface area (Å²) in [5.41, 5.74) is 2.57. The van der Waals surface area contributed by atoms with Gasteiger partial charge in [-0.25, -0.2) is 9.50 Å². The summed E-state index contributed by atoms with van der Waals surface area (Å²) in [6, 6.07) is 2.13. The first-order chi connectivity index (χ1) is 18.5. The van der Waals surface area contributed by atoms with E-state index in [1.165, 1.54) is 0 Å². The lowest BCUT2D eigenvalue weighted by Crippen LogP contribution is -2.28. The van der Waals surface area contributed by atoms with Gasteiger partial charge in [-0.3, -0.25) is 4.68 Å². The second-order valence-corrected chi connectivity index (χ2v) is 10.9. The standard InChI is InChI=1S/C26H34F2N8O3/c1-15(14-38-5)31-24-29-12-21-19(10-20(36(21)34-24)16-6-8-18(37)9-7-16)17-11-30-35(13-17)25(2,3)22-32-33-23(39-22)26(4,27)28/h10-13,15-16,18,37H,6-9,14H2,1-5H3,(H,31,34)/t15-,16?,18?/m0/s1. The second kappa shape index (κ2) is 10.3.